The first-order chi connectivity index (χ1) is 15.2. The summed E-state index contributed by atoms with van der Waals surface area (Å²) < 4.78 is 36.1. The summed E-state index contributed by atoms with van der Waals surface area (Å²) in [7, 11) is -3.93. The van der Waals surface area contributed by atoms with Gasteiger partial charge in [-0.1, -0.05) is 53.9 Å². The molecule has 0 saturated heterocycles. The van der Waals surface area contributed by atoms with E-state index in [1.807, 2.05) is 45.0 Å². The topological polar surface area (TPSA) is 99.4 Å². The Morgan fingerprint density at radius 2 is 1.72 bits per heavy atom. The van der Waals surface area contributed by atoms with Crippen LogP contribution in [-0.2, 0) is 26.0 Å². The number of sulfone groups is 1. The van der Waals surface area contributed by atoms with E-state index in [0.29, 0.717) is 18.7 Å². The van der Waals surface area contributed by atoms with Gasteiger partial charge in [0.1, 0.15) is 0 Å². The summed E-state index contributed by atoms with van der Waals surface area (Å²) in [5.74, 6) is -0.261. The lowest BCUT2D eigenvalue weighted by Crippen LogP contribution is -2.45. The van der Waals surface area contributed by atoms with Crippen molar-refractivity contribution in [3.63, 3.8) is 0 Å². The maximum Gasteiger partial charge on any atom is 0.328 e. The number of aryl methyl sites for hydroxylation is 3. The van der Waals surface area contributed by atoms with Crippen molar-refractivity contribution in [3.8, 4) is 11.4 Å². The smallest absolute Gasteiger partial charge is 0.328 e. The normalized spacial score (nSPS) is 15.6. The molecule has 1 fully saturated rings. The Labute approximate surface area is 187 Å². The van der Waals surface area contributed by atoms with E-state index in [4.69, 9.17) is 9.26 Å². The molecule has 7 nitrogen and oxygen atoms in total. The van der Waals surface area contributed by atoms with Gasteiger partial charge in [0.2, 0.25) is 5.82 Å². The van der Waals surface area contributed by atoms with E-state index < -0.39 is 20.6 Å². The largest absolute Gasteiger partial charge is 0.454 e. The number of esters is 1. The second kappa shape index (κ2) is 8.50. The van der Waals surface area contributed by atoms with Crippen LogP contribution >= 0.6 is 0 Å². The summed E-state index contributed by atoms with van der Waals surface area (Å²) in [5.41, 5.74) is 3.75. The van der Waals surface area contributed by atoms with Gasteiger partial charge in [-0.15, -0.1) is 0 Å². The first-order valence-electron chi connectivity index (χ1n) is 10.6. The summed E-state index contributed by atoms with van der Waals surface area (Å²) >= 11 is 0. The Morgan fingerprint density at radius 3 is 2.38 bits per heavy atom. The molecular weight excluding hydrogens is 428 g/mol. The third-order valence-electron chi connectivity index (χ3n) is 6.19. The van der Waals surface area contributed by atoms with Gasteiger partial charge in [-0.25, -0.2) is 8.42 Å². The van der Waals surface area contributed by atoms with Crippen LogP contribution in [0.1, 0.15) is 48.3 Å². The lowest BCUT2D eigenvalue weighted by Gasteiger charge is -2.26. The maximum absolute atomic E-state index is 13.5. The molecular formula is C24H26N2O5S. The maximum atomic E-state index is 13.5. The van der Waals surface area contributed by atoms with E-state index in [1.165, 1.54) is 0 Å². The fourth-order valence-electron chi connectivity index (χ4n) is 4.03. The SMILES string of the molecule is Cc1ccc(-c2noc(COC(=O)C3(S(=O)(=O)c4ccc(C)c(C)c4)CCCC3)n2)cc1. The minimum atomic E-state index is -3.93. The van der Waals surface area contributed by atoms with Crippen LogP contribution in [0.2, 0.25) is 0 Å². The fourth-order valence-corrected chi connectivity index (χ4v) is 6.16. The molecule has 0 spiro atoms. The molecule has 0 N–H and O–H groups in total. The van der Waals surface area contributed by atoms with Crippen LogP contribution in [0.5, 0.6) is 0 Å². The third-order valence-corrected chi connectivity index (χ3v) is 8.67. The van der Waals surface area contributed by atoms with E-state index in [0.717, 1.165) is 22.3 Å². The average molecular weight is 455 g/mol. The van der Waals surface area contributed by atoms with Crippen molar-refractivity contribution < 1.29 is 22.5 Å². The molecule has 0 atom stereocenters. The van der Waals surface area contributed by atoms with Gasteiger partial charge in [-0.3, -0.25) is 4.79 Å². The van der Waals surface area contributed by atoms with Gasteiger partial charge >= 0.3 is 5.97 Å². The van der Waals surface area contributed by atoms with Gasteiger partial charge in [-0.2, -0.15) is 4.98 Å². The van der Waals surface area contributed by atoms with Crippen molar-refractivity contribution in [1.82, 2.24) is 10.1 Å². The Bertz CT molecular complexity index is 1240. The Kier molecular flexibility index (Phi) is 5.90. The molecule has 0 radical (unpaired) electrons. The molecule has 1 heterocycles. The number of nitrogens with zero attached hydrogens (tertiary/aromatic N) is 2. The standard InChI is InChI=1S/C24H26N2O5S/c1-16-6-9-19(10-7-16)22-25-21(31-26-22)15-30-23(27)24(12-4-5-13-24)32(28,29)20-11-8-17(2)18(3)14-20/h6-11,14H,4-5,12-13,15H2,1-3H3. The van der Waals surface area contributed by atoms with Crippen LogP contribution in [0.15, 0.2) is 51.9 Å². The molecule has 4 rings (SSSR count). The zero-order valence-electron chi connectivity index (χ0n) is 18.4. The highest BCUT2D eigenvalue weighted by atomic mass is 32.2. The van der Waals surface area contributed by atoms with Gasteiger partial charge in [0.05, 0.1) is 4.90 Å². The van der Waals surface area contributed by atoms with Crippen LogP contribution in [0.3, 0.4) is 0 Å². The molecule has 1 saturated carbocycles. The van der Waals surface area contributed by atoms with Crippen molar-refractivity contribution in [2.45, 2.75) is 62.7 Å². The molecule has 168 valence electrons. The van der Waals surface area contributed by atoms with Gasteiger partial charge in [-0.05, 0) is 56.9 Å². The van der Waals surface area contributed by atoms with Gasteiger partial charge < -0.3 is 9.26 Å². The minimum Gasteiger partial charge on any atom is -0.454 e. The molecule has 2 aromatic carbocycles. The molecule has 0 unspecified atom stereocenters. The molecule has 0 amide bonds. The minimum absolute atomic E-state index is 0.116. The third kappa shape index (κ3) is 3.95. The fraction of sp³-hybridized carbons (Fsp3) is 0.375. The summed E-state index contributed by atoms with van der Waals surface area (Å²) in [4.78, 5) is 17.6. The number of hydrogen-bond acceptors (Lipinski definition) is 7. The number of hydrogen-bond donors (Lipinski definition) is 0. The number of rotatable bonds is 6. The summed E-state index contributed by atoms with van der Waals surface area (Å²) in [6.45, 7) is 5.48. The molecule has 1 aliphatic rings. The molecule has 0 aliphatic heterocycles. The van der Waals surface area contributed by atoms with Crippen LogP contribution in [0.25, 0.3) is 11.4 Å². The average Bonchev–Trinajstić information content (AvgIpc) is 3.45. The molecule has 8 heteroatoms. The highest BCUT2D eigenvalue weighted by Gasteiger charge is 2.54. The van der Waals surface area contributed by atoms with E-state index in [9.17, 15) is 13.2 Å². The lowest BCUT2D eigenvalue weighted by molar-refractivity contribution is -0.148. The monoisotopic (exact) mass is 454 g/mol. The first kappa shape index (κ1) is 22.2. The van der Waals surface area contributed by atoms with Crippen molar-refractivity contribution >= 4 is 15.8 Å². The first-order valence-corrected chi connectivity index (χ1v) is 12.1. The number of aromatic nitrogens is 2. The second-order valence-corrected chi connectivity index (χ2v) is 10.7. The second-order valence-electron chi connectivity index (χ2n) is 8.40. The summed E-state index contributed by atoms with van der Waals surface area (Å²) in [6.07, 6.45) is 1.77. The van der Waals surface area contributed by atoms with Crippen LogP contribution in [0, 0.1) is 20.8 Å². The summed E-state index contributed by atoms with van der Waals surface area (Å²) in [6, 6.07) is 12.6. The molecule has 3 aromatic rings. The zero-order valence-corrected chi connectivity index (χ0v) is 19.2. The highest BCUT2D eigenvalue weighted by Crippen LogP contribution is 2.42. The number of ether oxygens (including phenoxy) is 1. The Hall–Kier alpha value is -3.00. The Morgan fingerprint density at radius 1 is 1.03 bits per heavy atom. The van der Waals surface area contributed by atoms with Crippen molar-refractivity contribution in [2.75, 3.05) is 0 Å². The van der Waals surface area contributed by atoms with Crippen LogP contribution < -0.4 is 0 Å². The lowest BCUT2D eigenvalue weighted by atomic mass is 10.1. The molecule has 1 aromatic heterocycles. The van der Waals surface area contributed by atoms with Crippen molar-refractivity contribution in [1.29, 1.82) is 0 Å². The predicted octanol–water partition coefficient (Wildman–Crippen LogP) is 4.49. The van der Waals surface area contributed by atoms with E-state index in [2.05, 4.69) is 10.1 Å². The van der Waals surface area contributed by atoms with Gasteiger partial charge in [0.15, 0.2) is 21.2 Å². The van der Waals surface area contributed by atoms with Gasteiger partial charge in [0.25, 0.3) is 5.89 Å². The zero-order chi connectivity index (χ0) is 22.9. The van der Waals surface area contributed by atoms with Crippen LogP contribution in [0.4, 0.5) is 0 Å². The van der Waals surface area contributed by atoms with E-state index >= 15 is 0 Å². The molecule has 1 aliphatic carbocycles. The Balaban J connectivity index is 1.54. The number of carbonyl (C=O) groups is 1. The summed E-state index contributed by atoms with van der Waals surface area (Å²) in [5, 5.41) is 3.93. The number of benzene rings is 2. The van der Waals surface area contributed by atoms with Crippen LogP contribution in [-0.4, -0.2) is 29.3 Å². The van der Waals surface area contributed by atoms with Crippen molar-refractivity contribution in [2.24, 2.45) is 0 Å². The van der Waals surface area contributed by atoms with Crippen molar-refractivity contribution in [3.05, 3.63) is 65.0 Å². The predicted molar refractivity (Wildman–Crippen MR) is 119 cm³/mol. The molecule has 0 bridgehead atoms. The van der Waals surface area contributed by atoms with E-state index in [-0.39, 0.29) is 30.2 Å². The molecule has 32 heavy (non-hydrogen) atoms. The van der Waals surface area contributed by atoms with E-state index in [1.54, 1.807) is 18.2 Å². The van der Waals surface area contributed by atoms with Gasteiger partial charge in [0, 0.05) is 5.56 Å². The number of carbonyl (C=O) groups excluding carboxylic acids is 1. The highest BCUT2D eigenvalue weighted by molar-refractivity contribution is 7.93. The quantitative estimate of drug-likeness (QED) is 0.506.